The van der Waals surface area contributed by atoms with Gasteiger partial charge in [-0.25, -0.2) is 4.98 Å². The van der Waals surface area contributed by atoms with Crippen LogP contribution in [0.3, 0.4) is 0 Å². The van der Waals surface area contributed by atoms with Crippen LogP contribution in [-0.2, 0) is 6.54 Å². The smallest absolute Gasteiger partial charge is 0.191 e. The lowest BCUT2D eigenvalue weighted by atomic mass is 10.0. The molecule has 1 fully saturated rings. The van der Waals surface area contributed by atoms with E-state index in [9.17, 15) is 0 Å². The van der Waals surface area contributed by atoms with Crippen molar-refractivity contribution in [1.82, 2.24) is 20.2 Å². The first-order valence-corrected chi connectivity index (χ1v) is 10.1. The number of anilines is 1. The van der Waals surface area contributed by atoms with Crippen molar-refractivity contribution < 1.29 is 9.47 Å². The molecule has 1 aromatic carbocycles. The van der Waals surface area contributed by atoms with Gasteiger partial charge in [-0.2, -0.15) is 0 Å². The van der Waals surface area contributed by atoms with Crippen molar-refractivity contribution >= 4 is 35.6 Å². The first-order valence-electron chi connectivity index (χ1n) is 10.1. The molecule has 0 unspecified atom stereocenters. The highest BCUT2D eigenvalue weighted by molar-refractivity contribution is 14.0. The number of imidazole rings is 1. The van der Waals surface area contributed by atoms with Gasteiger partial charge in [0.15, 0.2) is 5.96 Å². The molecule has 0 aliphatic carbocycles. The number of hydrogen-bond donors (Lipinski definition) is 2. The van der Waals surface area contributed by atoms with E-state index in [4.69, 9.17) is 9.47 Å². The average molecular weight is 528 g/mol. The van der Waals surface area contributed by atoms with Crippen LogP contribution in [0.2, 0.25) is 0 Å². The Balaban J connectivity index is 0.00000320. The van der Waals surface area contributed by atoms with Gasteiger partial charge in [-0.3, -0.25) is 4.99 Å². The average Bonchev–Trinajstić information content (AvgIpc) is 3.29. The Morgan fingerprint density at radius 2 is 1.87 bits per heavy atom. The molecule has 1 saturated heterocycles. The van der Waals surface area contributed by atoms with Crippen molar-refractivity contribution in [3.05, 3.63) is 36.9 Å². The molecular weight excluding hydrogens is 495 g/mol. The second kappa shape index (κ2) is 12.5. The molecule has 2 heterocycles. The van der Waals surface area contributed by atoms with Crippen LogP contribution in [0.15, 0.2) is 41.9 Å². The number of rotatable bonds is 8. The molecule has 0 saturated carbocycles. The molecule has 0 bridgehead atoms. The van der Waals surface area contributed by atoms with E-state index in [1.165, 1.54) is 0 Å². The summed E-state index contributed by atoms with van der Waals surface area (Å²) >= 11 is 0. The lowest BCUT2D eigenvalue weighted by Gasteiger charge is -2.34. The van der Waals surface area contributed by atoms with E-state index in [1.807, 2.05) is 31.8 Å². The molecule has 1 aliphatic rings. The van der Waals surface area contributed by atoms with Gasteiger partial charge in [0.1, 0.15) is 11.5 Å². The van der Waals surface area contributed by atoms with Crippen LogP contribution in [0.1, 0.15) is 19.3 Å². The maximum Gasteiger partial charge on any atom is 0.191 e. The number of ether oxygens (including phenoxy) is 2. The number of aliphatic imine (C=N–C) groups is 1. The van der Waals surface area contributed by atoms with Crippen molar-refractivity contribution in [1.29, 1.82) is 0 Å². The number of piperidine rings is 1. The van der Waals surface area contributed by atoms with Gasteiger partial charge in [-0.1, -0.05) is 0 Å². The molecule has 2 N–H and O–H groups in total. The number of benzene rings is 1. The fraction of sp³-hybridized carbons (Fsp3) is 0.524. The molecule has 2 aromatic rings. The van der Waals surface area contributed by atoms with Gasteiger partial charge in [0.2, 0.25) is 0 Å². The van der Waals surface area contributed by atoms with Gasteiger partial charge in [0.05, 0.1) is 20.5 Å². The minimum absolute atomic E-state index is 0. The van der Waals surface area contributed by atoms with Gasteiger partial charge in [0.25, 0.3) is 0 Å². The van der Waals surface area contributed by atoms with E-state index in [2.05, 4.69) is 42.2 Å². The SMILES string of the molecule is CN=C(NCCCn1ccnc1)NC1CCN(c2cc(OC)cc(OC)c2)CC1.I. The third-order valence-corrected chi connectivity index (χ3v) is 5.21. The molecule has 0 atom stereocenters. The monoisotopic (exact) mass is 528 g/mol. The quantitative estimate of drug-likeness (QED) is 0.238. The fourth-order valence-corrected chi connectivity index (χ4v) is 3.53. The van der Waals surface area contributed by atoms with E-state index in [0.717, 1.165) is 68.6 Å². The summed E-state index contributed by atoms with van der Waals surface area (Å²) in [6, 6.07) is 6.45. The molecule has 0 spiro atoms. The molecule has 9 heteroatoms. The van der Waals surface area contributed by atoms with Gasteiger partial charge in [0, 0.05) is 75.5 Å². The van der Waals surface area contributed by atoms with Crippen LogP contribution in [0.25, 0.3) is 0 Å². The highest BCUT2D eigenvalue weighted by atomic mass is 127. The zero-order valence-electron chi connectivity index (χ0n) is 18.0. The third-order valence-electron chi connectivity index (χ3n) is 5.21. The van der Waals surface area contributed by atoms with Crippen molar-refractivity contribution in [2.45, 2.75) is 31.8 Å². The van der Waals surface area contributed by atoms with Gasteiger partial charge < -0.3 is 29.6 Å². The molecule has 3 rings (SSSR count). The number of nitrogens with zero attached hydrogens (tertiary/aromatic N) is 4. The molecule has 1 aromatic heterocycles. The van der Waals surface area contributed by atoms with Crippen molar-refractivity contribution in [3.8, 4) is 11.5 Å². The number of aryl methyl sites for hydroxylation is 1. The van der Waals surface area contributed by atoms with Crippen LogP contribution >= 0.6 is 24.0 Å². The van der Waals surface area contributed by atoms with Gasteiger partial charge in [-0.05, 0) is 19.3 Å². The summed E-state index contributed by atoms with van der Waals surface area (Å²) in [6.45, 7) is 3.78. The number of methoxy groups -OCH3 is 2. The van der Waals surface area contributed by atoms with E-state index in [1.54, 1.807) is 14.2 Å². The molecule has 166 valence electrons. The standard InChI is InChI=1S/C21H32N6O2.HI/c1-22-21(24-7-4-9-26-12-8-23-16-26)25-17-5-10-27(11-6-17)18-13-19(28-2)15-20(14-18)29-3;/h8,12-17H,4-7,9-11H2,1-3H3,(H2,22,24,25);1H. The Labute approximate surface area is 196 Å². The van der Waals surface area contributed by atoms with E-state index < -0.39 is 0 Å². The summed E-state index contributed by atoms with van der Waals surface area (Å²) in [4.78, 5) is 10.8. The maximum atomic E-state index is 5.40. The highest BCUT2D eigenvalue weighted by Crippen LogP contribution is 2.30. The summed E-state index contributed by atoms with van der Waals surface area (Å²) in [5.74, 6) is 2.51. The molecular formula is C21H33IN6O2. The topological polar surface area (TPSA) is 75.9 Å². The molecule has 30 heavy (non-hydrogen) atoms. The number of aromatic nitrogens is 2. The Bertz CT molecular complexity index is 754. The molecule has 0 radical (unpaired) electrons. The zero-order valence-corrected chi connectivity index (χ0v) is 20.3. The lowest BCUT2D eigenvalue weighted by Crippen LogP contribution is -2.49. The largest absolute Gasteiger partial charge is 0.497 e. The van der Waals surface area contributed by atoms with Crippen molar-refractivity contribution in [3.63, 3.8) is 0 Å². The second-order valence-corrected chi connectivity index (χ2v) is 7.13. The predicted octanol–water partition coefficient (Wildman–Crippen LogP) is 2.74. The number of hydrogen-bond acceptors (Lipinski definition) is 5. The minimum Gasteiger partial charge on any atom is -0.497 e. The first kappa shape index (κ1) is 24.1. The fourth-order valence-electron chi connectivity index (χ4n) is 3.53. The Kier molecular flexibility index (Phi) is 10.0. The highest BCUT2D eigenvalue weighted by Gasteiger charge is 2.21. The lowest BCUT2D eigenvalue weighted by molar-refractivity contribution is 0.393. The first-order chi connectivity index (χ1) is 14.2. The minimum atomic E-state index is 0. The summed E-state index contributed by atoms with van der Waals surface area (Å²) in [5.41, 5.74) is 1.14. The zero-order chi connectivity index (χ0) is 20.5. The molecule has 8 nitrogen and oxygen atoms in total. The van der Waals surface area contributed by atoms with Gasteiger partial charge >= 0.3 is 0 Å². The van der Waals surface area contributed by atoms with E-state index >= 15 is 0 Å². The summed E-state index contributed by atoms with van der Waals surface area (Å²) < 4.78 is 12.9. The van der Waals surface area contributed by atoms with Crippen LogP contribution in [-0.4, -0.2) is 62.5 Å². The number of nitrogens with one attached hydrogen (secondary N) is 2. The Morgan fingerprint density at radius 1 is 1.17 bits per heavy atom. The van der Waals surface area contributed by atoms with Gasteiger partial charge in [-0.15, -0.1) is 24.0 Å². The third kappa shape index (κ3) is 6.96. The van der Waals surface area contributed by atoms with E-state index in [-0.39, 0.29) is 24.0 Å². The normalized spacial score (nSPS) is 14.8. The predicted molar refractivity (Wildman–Crippen MR) is 132 cm³/mol. The van der Waals surface area contributed by atoms with E-state index in [0.29, 0.717) is 6.04 Å². The number of halogens is 1. The summed E-state index contributed by atoms with van der Waals surface area (Å²) in [7, 11) is 5.19. The Morgan fingerprint density at radius 3 is 2.43 bits per heavy atom. The van der Waals surface area contributed by atoms with Crippen molar-refractivity contribution in [2.75, 3.05) is 45.8 Å². The van der Waals surface area contributed by atoms with Crippen molar-refractivity contribution in [2.24, 2.45) is 4.99 Å². The number of guanidine groups is 1. The van der Waals surface area contributed by atoms with Crippen LogP contribution < -0.4 is 25.0 Å². The Hall–Kier alpha value is -2.17. The second-order valence-electron chi connectivity index (χ2n) is 7.13. The molecule has 1 aliphatic heterocycles. The van der Waals surface area contributed by atoms with Crippen LogP contribution in [0, 0.1) is 0 Å². The molecule has 0 amide bonds. The maximum absolute atomic E-state index is 5.40. The van der Waals surface area contributed by atoms with Crippen LogP contribution in [0.5, 0.6) is 11.5 Å². The summed E-state index contributed by atoms with van der Waals surface area (Å²) in [6.07, 6.45) is 8.76. The summed E-state index contributed by atoms with van der Waals surface area (Å²) in [5, 5.41) is 6.97. The van der Waals surface area contributed by atoms with Crippen LogP contribution in [0.4, 0.5) is 5.69 Å².